The van der Waals surface area contributed by atoms with E-state index in [1.807, 2.05) is 6.92 Å². The van der Waals surface area contributed by atoms with Gasteiger partial charge in [0.1, 0.15) is 5.82 Å². The fraction of sp³-hybridized carbons (Fsp3) is 0.143. The third-order valence-corrected chi connectivity index (χ3v) is 4.08. The van der Waals surface area contributed by atoms with Crippen molar-refractivity contribution in [3.63, 3.8) is 0 Å². The average molecular weight is 279 g/mol. The number of nitrogens with one attached hydrogen (secondary N) is 1. The van der Waals surface area contributed by atoms with E-state index in [4.69, 9.17) is 0 Å². The minimum atomic E-state index is -3.76. The molecule has 0 fully saturated rings. The number of halogens is 1. The molecule has 0 spiro atoms. The first-order chi connectivity index (χ1) is 8.88. The third-order valence-electron chi connectivity index (χ3n) is 2.70. The molecule has 3 nitrogen and oxygen atoms in total. The van der Waals surface area contributed by atoms with Crippen LogP contribution in [0.1, 0.15) is 11.1 Å². The van der Waals surface area contributed by atoms with Gasteiger partial charge in [-0.25, -0.2) is 12.8 Å². The minimum Gasteiger partial charge on any atom is -0.277 e. The minimum absolute atomic E-state index is 0.0411. The van der Waals surface area contributed by atoms with Crippen LogP contribution in [0, 0.1) is 19.7 Å². The summed E-state index contributed by atoms with van der Waals surface area (Å²) < 4.78 is 40.0. The van der Waals surface area contributed by atoms with E-state index < -0.39 is 15.8 Å². The molecule has 0 radical (unpaired) electrons. The summed E-state index contributed by atoms with van der Waals surface area (Å²) in [5.74, 6) is -0.596. The summed E-state index contributed by atoms with van der Waals surface area (Å²) in [6.45, 7) is 3.63. The number of sulfonamides is 1. The molecule has 100 valence electrons. The Bertz CT molecular complexity index is 694. The van der Waals surface area contributed by atoms with Crippen molar-refractivity contribution < 1.29 is 12.8 Å². The van der Waals surface area contributed by atoms with Crippen LogP contribution < -0.4 is 4.72 Å². The molecule has 0 bridgehead atoms. The molecule has 0 saturated heterocycles. The van der Waals surface area contributed by atoms with Gasteiger partial charge in [-0.3, -0.25) is 4.72 Å². The molecule has 2 aromatic rings. The molecule has 19 heavy (non-hydrogen) atoms. The molecule has 0 atom stereocenters. The fourth-order valence-corrected chi connectivity index (χ4v) is 2.70. The lowest BCUT2D eigenvalue weighted by Gasteiger charge is -2.09. The Morgan fingerprint density at radius 3 is 2.16 bits per heavy atom. The van der Waals surface area contributed by atoms with Crippen molar-refractivity contribution in [2.75, 3.05) is 4.72 Å². The molecular weight excluding hydrogens is 265 g/mol. The van der Waals surface area contributed by atoms with Crippen molar-refractivity contribution in [3.05, 3.63) is 59.4 Å². The SMILES string of the molecule is Cc1ccc(S(=O)(=O)Nc2cc(C)ccc2F)cc1. The highest BCUT2D eigenvalue weighted by Crippen LogP contribution is 2.20. The molecule has 0 aromatic heterocycles. The standard InChI is InChI=1S/C14H14FNO2S/c1-10-3-6-12(7-4-10)19(17,18)16-14-9-11(2)5-8-13(14)15/h3-9,16H,1-2H3. The van der Waals surface area contributed by atoms with Gasteiger partial charge in [0, 0.05) is 0 Å². The van der Waals surface area contributed by atoms with Crippen molar-refractivity contribution in [2.24, 2.45) is 0 Å². The smallest absolute Gasteiger partial charge is 0.261 e. The summed E-state index contributed by atoms with van der Waals surface area (Å²) in [5, 5.41) is 0. The van der Waals surface area contributed by atoms with Crippen LogP contribution in [0.15, 0.2) is 47.4 Å². The quantitative estimate of drug-likeness (QED) is 0.937. The van der Waals surface area contributed by atoms with Crippen LogP contribution in [0.3, 0.4) is 0 Å². The molecule has 2 aromatic carbocycles. The fourth-order valence-electron chi connectivity index (χ4n) is 1.64. The normalized spacial score (nSPS) is 11.3. The number of rotatable bonds is 3. The Balaban J connectivity index is 2.36. The lowest BCUT2D eigenvalue weighted by Crippen LogP contribution is -2.14. The van der Waals surface area contributed by atoms with Crippen molar-refractivity contribution in [3.8, 4) is 0 Å². The summed E-state index contributed by atoms with van der Waals surface area (Å²) in [6, 6.07) is 10.7. The summed E-state index contributed by atoms with van der Waals surface area (Å²) in [4.78, 5) is 0.110. The lowest BCUT2D eigenvalue weighted by molar-refractivity contribution is 0.598. The van der Waals surface area contributed by atoms with Crippen LogP contribution in [0.5, 0.6) is 0 Å². The first kappa shape index (κ1) is 13.5. The largest absolute Gasteiger partial charge is 0.277 e. The molecule has 0 amide bonds. The zero-order chi connectivity index (χ0) is 14.0. The molecule has 0 aliphatic carbocycles. The molecule has 0 unspecified atom stereocenters. The second-order valence-corrected chi connectivity index (χ2v) is 6.08. The van der Waals surface area contributed by atoms with E-state index in [0.29, 0.717) is 0 Å². The average Bonchev–Trinajstić information content (AvgIpc) is 2.34. The van der Waals surface area contributed by atoms with Crippen molar-refractivity contribution in [1.29, 1.82) is 0 Å². The molecule has 1 N–H and O–H groups in total. The molecule has 0 heterocycles. The lowest BCUT2D eigenvalue weighted by atomic mass is 10.2. The monoisotopic (exact) mass is 279 g/mol. The maximum absolute atomic E-state index is 13.6. The van der Waals surface area contributed by atoms with E-state index >= 15 is 0 Å². The summed E-state index contributed by atoms with van der Waals surface area (Å²) >= 11 is 0. The Kier molecular flexibility index (Phi) is 3.57. The van der Waals surface area contributed by atoms with Crippen molar-refractivity contribution in [2.45, 2.75) is 18.7 Å². The van der Waals surface area contributed by atoms with Gasteiger partial charge in [-0.2, -0.15) is 0 Å². The maximum atomic E-state index is 13.6. The number of hydrogen-bond donors (Lipinski definition) is 1. The molecule has 2 rings (SSSR count). The highest BCUT2D eigenvalue weighted by Gasteiger charge is 2.15. The van der Waals surface area contributed by atoms with E-state index in [9.17, 15) is 12.8 Å². The Labute approximate surface area is 112 Å². The van der Waals surface area contributed by atoms with Gasteiger partial charge >= 0.3 is 0 Å². The summed E-state index contributed by atoms with van der Waals surface area (Å²) in [5.41, 5.74) is 1.70. The van der Waals surface area contributed by atoms with E-state index in [1.165, 1.54) is 24.3 Å². The predicted octanol–water partition coefficient (Wildman–Crippen LogP) is 3.24. The summed E-state index contributed by atoms with van der Waals surface area (Å²) in [7, 11) is -3.76. The molecule has 0 saturated carbocycles. The van der Waals surface area contributed by atoms with Crippen LogP contribution in [0.25, 0.3) is 0 Å². The van der Waals surface area contributed by atoms with Crippen LogP contribution in [0.4, 0.5) is 10.1 Å². The van der Waals surface area contributed by atoms with Gasteiger partial charge in [0.15, 0.2) is 0 Å². The first-order valence-electron chi connectivity index (χ1n) is 5.74. The highest BCUT2D eigenvalue weighted by atomic mass is 32.2. The van der Waals surface area contributed by atoms with E-state index in [2.05, 4.69) is 4.72 Å². The highest BCUT2D eigenvalue weighted by molar-refractivity contribution is 7.92. The van der Waals surface area contributed by atoms with E-state index in [0.717, 1.165) is 11.1 Å². The van der Waals surface area contributed by atoms with Gasteiger partial charge < -0.3 is 0 Å². The zero-order valence-corrected chi connectivity index (χ0v) is 11.5. The predicted molar refractivity (Wildman–Crippen MR) is 73.1 cm³/mol. The number of anilines is 1. The van der Waals surface area contributed by atoms with Gasteiger partial charge in [0.05, 0.1) is 10.6 Å². The Hall–Kier alpha value is -1.88. The van der Waals surface area contributed by atoms with E-state index in [-0.39, 0.29) is 10.6 Å². The second-order valence-electron chi connectivity index (χ2n) is 4.40. The second kappa shape index (κ2) is 5.01. The zero-order valence-electron chi connectivity index (χ0n) is 10.6. The number of hydrogen-bond acceptors (Lipinski definition) is 2. The molecule has 0 aliphatic heterocycles. The topological polar surface area (TPSA) is 46.2 Å². The van der Waals surface area contributed by atoms with Crippen LogP contribution in [-0.4, -0.2) is 8.42 Å². The van der Waals surface area contributed by atoms with Gasteiger partial charge in [0.2, 0.25) is 0 Å². The van der Waals surface area contributed by atoms with Gasteiger partial charge in [0.25, 0.3) is 10.0 Å². The van der Waals surface area contributed by atoms with E-state index in [1.54, 1.807) is 25.1 Å². The molecule has 5 heteroatoms. The van der Waals surface area contributed by atoms with Crippen LogP contribution >= 0.6 is 0 Å². The third kappa shape index (κ3) is 3.12. The van der Waals surface area contributed by atoms with Gasteiger partial charge in [-0.15, -0.1) is 0 Å². The molecular formula is C14H14FNO2S. The first-order valence-corrected chi connectivity index (χ1v) is 7.22. The Morgan fingerprint density at radius 2 is 1.53 bits per heavy atom. The van der Waals surface area contributed by atoms with Crippen molar-refractivity contribution in [1.82, 2.24) is 0 Å². The maximum Gasteiger partial charge on any atom is 0.261 e. The van der Waals surface area contributed by atoms with Gasteiger partial charge in [-0.1, -0.05) is 23.8 Å². The number of aryl methyl sites for hydroxylation is 2. The molecule has 0 aliphatic rings. The van der Waals surface area contributed by atoms with Crippen LogP contribution in [-0.2, 0) is 10.0 Å². The Morgan fingerprint density at radius 1 is 0.947 bits per heavy atom. The van der Waals surface area contributed by atoms with Gasteiger partial charge in [-0.05, 0) is 43.7 Å². The summed E-state index contributed by atoms with van der Waals surface area (Å²) in [6.07, 6.45) is 0. The van der Waals surface area contributed by atoms with Crippen LogP contribution in [0.2, 0.25) is 0 Å². The number of benzene rings is 2. The van der Waals surface area contributed by atoms with Crippen molar-refractivity contribution >= 4 is 15.7 Å².